The van der Waals surface area contributed by atoms with Crippen LogP contribution in [0.5, 0.6) is 0 Å². The van der Waals surface area contributed by atoms with Crippen molar-refractivity contribution in [1.82, 2.24) is 5.32 Å². The number of rotatable bonds is 1. The van der Waals surface area contributed by atoms with Crippen molar-refractivity contribution in [3.63, 3.8) is 0 Å². The summed E-state index contributed by atoms with van der Waals surface area (Å²) < 4.78 is 6.63. The number of nitrogens with one attached hydrogen (secondary N) is 1. The van der Waals surface area contributed by atoms with Gasteiger partial charge in [0.05, 0.1) is 16.3 Å². The molecular weight excluding hydrogens is 242 g/mol. The van der Waals surface area contributed by atoms with E-state index in [4.69, 9.17) is 4.42 Å². The van der Waals surface area contributed by atoms with Crippen molar-refractivity contribution >= 4 is 15.9 Å². The Morgan fingerprint density at radius 2 is 2.29 bits per heavy atom. The molecular formula is C11H16BrNO. The maximum Gasteiger partial charge on any atom is 0.137 e. The van der Waals surface area contributed by atoms with E-state index in [2.05, 4.69) is 28.2 Å². The van der Waals surface area contributed by atoms with Crippen LogP contribution in [0.1, 0.15) is 38.4 Å². The van der Waals surface area contributed by atoms with Gasteiger partial charge in [-0.2, -0.15) is 0 Å². The molecule has 14 heavy (non-hydrogen) atoms. The molecule has 1 fully saturated rings. The van der Waals surface area contributed by atoms with Crippen LogP contribution in [0.15, 0.2) is 21.2 Å². The Labute approximate surface area is 93.2 Å². The summed E-state index contributed by atoms with van der Waals surface area (Å²) in [5.74, 6) is 1.04. The van der Waals surface area contributed by atoms with Gasteiger partial charge in [0.2, 0.25) is 0 Å². The third kappa shape index (κ3) is 1.89. The Hall–Kier alpha value is -0.280. The van der Waals surface area contributed by atoms with Crippen LogP contribution in [-0.2, 0) is 5.54 Å². The van der Waals surface area contributed by atoms with Gasteiger partial charge in [0, 0.05) is 0 Å². The highest BCUT2D eigenvalue weighted by molar-refractivity contribution is 9.10. The zero-order valence-electron chi connectivity index (χ0n) is 8.48. The van der Waals surface area contributed by atoms with Gasteiger partial charge in [0.25, 0.3) is 0 Å². The molecule has 1 atom stereocenters. The minimum atomic E-state index is 0.0127. The van der Waals surface area contributed by atoms with Crippen molar-refractivity contribution in [2.24, 2.45) is 0 Å². The van der Waals surface area contributed by atoms with E-state index in [9.17, 15) is 0 Å². The first-order valence-corrected chi connectivity index (χ1v) is 6.00. The van der Waals surface area contributed by atoms with Crippen molar-refractivity contribution in [2.45, 2.75) is 38.1 Å². The van der Waals surface area contributed by atoms with Crippen LogP contribution < -0.4 is 5.32 Å². The predicted molar refractivity (Wildman–Crippen MR) is 60.2 cm³/mol. The van der Waals surface area contributed by atoms with E-state index in [0.717, 1.165) is 23.2 Å². The van der Waals surface area contributed by atoms with Gasteiger partial charge in [-0.05, 0) is 48.3 Å². The first-order chi connectivity index (χ1) is 6.72. The highest BCUT2D eigenvalue weighted by atomic mass is 79.9. The quantitative estimate of drug-likeness (QED) is 0.834. The van der Waals surface area contributed by atoms with Crippen LogP contribution in [0.3, 0.4) is 0 Å². The Morgan fingerprint density at radius 3 is 3.00 bits per heavy atom. The molecule has 0 aliphatic carbocycles. The molecule has 2 heterocycles. The standard InChI is InChI=1S/C11H16BrNO/c1-11(6-3-2-4-7-13-11)10-9(12)5-8-14-10/h5,8,13H,2-4,6-7H2,1H3. The van der Waals surface area contributed by atoms with Crippen LogP contribution in [0.4, 0.5) is 0 Å². The van der Waals surface area contributed by atoms with E-state index >= 15 is 0 Å². The Morgan fingerprint density at radius 1 is 1.43 bits per heavy atom. The molecule has 0 radical (unpaired) electrons. The van der Waals surface area contributed by atoms with Gasteiger partial charge in [0.1, 0.15) is 5.76 Å². The lowest BCUT2D eigenvalue weighted by Gasteiger charge is -2.27. The van der Waals surface area contributed by atoms with Crippen molar-refractivity contribution < 1.29 is 4.42 Å². The maximum absolute atomic E-state index is 5.55. The van der Waals surface area contributed by atoms with Gasteiger partial charge in [-0.25, -0.2) is 0 Å². The number of hydrogen-bond donors (Lipinski definition) is 1. The van der Waals surface area contributed by atoms with Crippen molar-refractivity contribution in [3.8, 4) is 0 Å². The third-order valence-electron chi connectivity index (χ3n) is 2.99. The first-order valence-electron chi connectivity index (χ1n) is 5.21. The molecule has 2 nitrogen and oxygen atoms in total. The lowest BCUT2D eigenvalue weighted by atomic mass is 9.93. The molecule has 1 aliphatic heterocycles. The molecule has 0 aromatic carbocycles. The van der Waals surface area contributed by atoms with Crippen molar-refractivity contribution in [3.05, 3.63) is 22.6 Å². The predicted octanol–water partition coefficient (Wildman–Crippen LogP) is 3.42. The summed E-state index contributed by atoms with van der Waals surface area (Å²) in [4.78, 5) is 0. The Kier molecular flexibility index (Phi) is 2.98. The van der Waals surface area contributed by atoms with Crippen LogP contribution in [0, 0.1) is 0 Å². The summed E-state index contributed by atoms with van der Waals surface area (Å²) in [7, 11) is 0. The molecule has 0 spiro atoms. The van der Waals surface area contributed by atoms with E-state index in [1.165, 1.54) is 19.3 Å². The second kappa shape index (κ2) is 4.07. The Balaban J connectivity index is 2.25. The topological polar surface area (TPSA) is 25.2 Å². The van der Waals surface area contributed by atoms with Crippen molar-refractivity contribution in [2.75, 3.05) is 6.54 Å². The second-order valence-electron chi connectivity index (χ2n) is 4.17. The Bertz CT molecular complexity index is 300. The van der Waals surface area contributed by atoms with Gasteiger partial charge in [-0.3, -0.25) is 0 Å². The zero-order chi connectivity index (χ0) is 10.0. The molecule has 78 valence electrons. The fourth-order valence-electron chi connectivity index (χ4n) is 2.11. The average Bonchev–Trinajstić information content (AvgIpc) is 2.46. The minimum Gasteiger partial charge on any atom is -0.466 e. The molecule has 0 amide bonds. The summed E-state index contributed by atoms with van der Waals surface area (Å²) in [5, 5.41) is 3.58. The summed E-state index contributed by atoms with van der Waals surface area (Å²) in [6, 6.07) is 1.97. The number of furan rings is 1. The molecule has 1 N–H and O–H groups in total. The molecule has 1 aromatic heterocycles. The third-order valence-corrected chi connectivity index (χ3v) is 3.61. The maximum atomic E-state index is 5.55. The number of halogens is 1. The van der Waals surface area contributed by atoms with Crippen LogP contribution >= 0.6 is 15.9 Å². The SMILES string of the molecule is CC1(c2occc2Br)CCCCCN1. The minimum absolute atomic E-state index is 0.0127. The van der Waals surface area contributed by atoms with Crippen LogP contribution in [0.2, 0.25) is 0 Å². The molecule has 0 bridgehead atoms. The fraction of sp³-hybridized carbons (Fsp3) is 0.636. The van der Waals surface area contributed by atoms with Gasteiger partial charge in [0.15, 0.2) is 0 Å². The average molecular weight is 258 g/mol. The largest absolute Gasteiger partial charge is 0.466 e. The normalized spacial score (nSPS) is 28.7. The lowest BCUT2D eigenvalue weighted by molar-refractivity contribution is 0.286. The summed E-state index contributed by atoms with van der Waals surface area (Å²) >= 11 is 3.53. The molecule has 3 heteroatoms. The van der Waals surface area contributed by atoms with Gasteiger partial charge in [-0.1, -0.05) is 12.8 Å². The van der Waals surface area contributed by atoms with Crippen LogP contribution in [-0.4, -0.2) is 6.54 Å². The van der Waals surface area contributed by atoms with Gasteiger partial charge in [-0.15, -0.1) is 0 Å². The van der Waals surface area contributed by atoms with E-state index in [1.807, 2.05) is 6.07 Å². The van der Waals surface area contributed by atoms with E-state index in [-0.39, 0.29) is 5.54 Å². The summed E-state index contributed by atoms with van der Waals surface area (Å²) in [6.45, 7) is 3.31. The zero-order valence-corrected chi connectivity index (χ0v) is 10.1. The highest BCUT2D eigenvalue weighted by Gasteiger charge is 2.31. The summed E-state index contributed by atoms with van der Waals surface area (Å²) in [5.41, 5.74) is 0.0127. The van der Waals surface area contributed by atoms with Crippen molar-refractivity contribution in [1.29, 1.82) is 0 Å². The smallest absolute Gasteiger partial charge is 0.137 e. The monoisotopic (exact) mass is 257 g/mol. The van der Waals surface area contributed by atoms with E-state index in [0.29, 0.717) is 0 Å². The first kappa shape index (κ1) is 10.2. The number of hydrogen-bond acceptors (Lipinski definition) is 2. The molecule has 1 aromatic rings. The van der Waals surface area contributed by atoms with E-state index < -0.39 is 0 Å². The van der Waals surface area contributed by atoms with Gasteiger partial charge < -0.3 is 9.73 Å². The van der Waals surface area contributed by atoms with E-state index in [1.54, 1.807) is 6.26 Å². The second-order valence-corrected chi connectivity index (χ2v) is 5.02. The summed E-state index contributed by atoms with van der Waals surface area (Å²) in [6.07, 6.45) is 6.77. The molecule has 1 unspecified atom stereocenters. The van der Waals surface area contributed by atoms with Crippen LogP contribution in [0.25, 0.3) is 0 Å². The molecule has 2 rings (SSSR count). The van der Waals surface area contributed by atoms with Gasteiger partial charge >= 0.3 is 0 Å². The molecule has 0 saturated carbocycles. The highest BCUT2D eigenvalue weighted by Crippen LogP contribution is 2.34. The fourth-order valence-corrected chi connectivity index (χ4v) is 2.75. The molecule has 1 aliphatic rings. The lowest BCUT2D eigenvalue weighted by Crippen LogP contribution is -2.38. The molecule has 1 saturated heterocycles.